The van der Waals surface area contributed by atoms with E-state index in [2.05, 4.69) is 0 Å². The summed E-state index contributed by atoms with van der Waals surface area (Å²) < 4.78 is 0. The van der Waals surface area contributed by atoms with Gasteiger partial charge < -0.3 is 25.3 Å². The molecule has 2 amide bonds. The summed E-state index contributed by atoms with van der Waals surface area (Å²) in [6, 6.07) is 0. The summed E-state index contributed by atoms with van der Waals surface area (Å²) >= 11 is 0. The highest BCUT2D eigenvalue weighted by Crippen LogP contribution is 2.12. The molecule has 0 atom stereocenters. The Morgan fingerprint density at radius 3 is 1.32 bits per heavy atom. The lowest BCUT2D eigenvalue weighted by molar-refractivity contribution is -0.198. The average molecular weight is 490 g/mol. The first-order chi connectivity index (χ1) is 15.9. The van der Waals surface area contributed by atoms with E-state index in [0.717, 1.165) is 9.80 Å². The second-order valence-electron chi connectivity index (χ2n) is 7.32. The number of carboxylic acids is 4. The summed E-state index contributed by atoms with van der Waals surface area (Å²) in [7, 11) is 0. The highest BCUT2D eigenvalue weighted by molar-refractivity contribution is 6.01. The third-order valence-electron chi connectivity index (χ3n) is 4.45. The van der Waals surface area contributed by atoms with E-state index in [0.29, 0.717) is 5.06 Å². The fraction of sp³-hybridized carbons (Fsp3) is 0.611. The third-order valence-corrected chi connectivity index (χ3v) is 4.45. The second-order valence-corrected chi connectivity index (χ2v) is 7.32. The maximum absolute atomic E-state index is 12.1. The zero-order valence-electron chi connectivity index (χ0n) is 18.1. The van der Waals surface area contributed by atoms with E-state index in [1.54, 1.807) is 0 Å². The predicted octanol–water partition coefficient (Wildman–Crippen LogP) is -3.16. The fourth-order valence-electron chi connectivity index (χ4n) is 3.00. The Labute approximate surface area is 192 Å². The molecule has 1 heterocycles. The summed E-state index contributed by atoms with van der Waals surface area (Å²) in [6.45, 7) is -3.33. The minimum absolute atomic E-state index is 0.0605. The molecule has 0 aromatic rings. The SMILES string of the molecule is O=C(O)CN(CCN(CC(=O)O)CC(=O)O)CCN(CC(=O)O)CC(=O)ON1C(=O)CCC1=O. The topological polar surface area (TPSA) is 223 Å². The molecule has 0 saturated carbocycles. The van der Waals surface area contributed by atoms with Gasteiger partial charge in [-0.25, -0.2) is 4.79 Å². The molecule has 1 aliphatic rings. The van der Waals surface area contributed by atoms with Gasteiger partial charge in [0.2, 0.25) is 0 Å². The first kappa shape index (κ1) is 28.4. The first-order valence-corrected chi connectivity index (χ1v) is 9.98. The molecule has 190 valence electrons. The number of hydrogen-bond donors (Lipinski definition) is 4. The quantitative estimate of drug-likeness (QED) is 0.148. The number of carbonyl (C=O) groups is 7. The number of hydrogen-bond acceptors (Lipinski definition) is 11. The van der Waals surface area contributed by atoms with Gasteiger partial charge in [0, 0.05) is 39.0 Å². The van der Waals surface area contributed by atoms with Gasteiger partial charge >= 0.3 is 29.8 Å². The lowest BCUT2D eigenvalue weighted by Crippen LogP contribution is -2.46. The lowest BCUT2D eigenvalue weighted by atomic mass is 10.3. The van der Waals surface area contributed by atoms with Crippen molar-refractivity contribution in [1.82, 2.24) is 19.8 Å². The van der Waals surface area contributed by atoms with E-state index in [9.17, 15) is 33.6 Å². The van der Waals surface area contributed by atoms with Gasteiger partial charge in [-0.1, -0.05) is 0 Å². The van der Waals surface area contributed by atoms with E-state index in [1.807, 2.05) is 0 Å². The molecule has 0 radical (unpaired) electrons. The first-order valence-electron chi connectivity index (χ1n) is 9.98. The van der Waals surface area contributed by atoms with Crippen LogP contribution in [0.4, 0.5) is 0 Å². The molecule has 1 saturated heterocycles. The molecule has 0 aliphatic carbocycles. The minimum Gasteiger partial charge on any atom is -0.480 e. The highest BCUT2D eigenvalue weighted by Gasteiger charge is 2.33. The number of hydroxylamine groups is 2. The van der Waals surface area contributed by atoms with Gasteiger partial charge in [0.1, 0.15) is 6.54 Å². The summed E-state index contributed by atoms with van der Waals surface area (Å²) in [5.41, 5.74) is 0. The van der Waals surface area contributed by atoms with Crippen LogP contribution in [-0.2, 0) is 38.4 Å². The van der Waals surface area contributed by atoms with Crippen LogP contribution < -0.4 is 0 Å². The molecule has 0 bridgehead atoms. The van der Waals surface area contributed by atoms with Crippen LogP contribution in [0.2, 0.25) is 0 Å². The van der Waals surface area contributed by atoms with E-state index in [1.165, 1.54) is 4.90 Å². The minimum atomic E-state index is -1.31. The Hall–Kier alpha value is -3.63. The zero-order valence-corrected chi connectivity index (χ0v) is 18.1. The maximum Gasteiger partial charge on any atom is 0.347 e. The lowest BCUT2D eigenvalue weighted by Gasteiger charge is -2.27. The molecule has 34 heavy (non-hydrogen) atoms. The number of aliphatic carboxylic acids is 4. The van der Waals surface area contributed by atoms with Crippen molar-refractivity contribution in [2.24, 2.45) is 0 Å². The normalized spacial score (nSPS) is 13.7. The third kappa shape index (κ3) is 11.3. The van der Waals surface area contributed by atoms with Crippen LogP contribution in [0.3, 0.4) is 0 Å². The Morgan fingerprint density at radius 2 is 0.941 bits per heavy atom. The van der Waals surface area contributed by atoms with Crippen LogP contribution in [0.5, 0.6) is 0 Å². The Morgan fingerprint density at radius 1 is 0.618 bits per heavy atom. The molecule has 16 heteroatoms. The molecule has 4 N–H and O–H groups in total. The van der Waals surface area contributed by atoms with E-state index >= 15 is 0 Å². The van der Waals surface area contributed by atoms with Crippen LogP contribution in [0.25, 0.3) is 0 Å². The monoisotopic (exact) mass is 490 g/mol. The van der Waals surface area contributed by atoms with Gasteiger partial charge in [-0.3, -0.25) is 43.5 Å². The van der Waals surface area contributed by atoms with Crippen molar-refractivity contribution < 1.29 is 58.8 Å². The van der Waals surface area contributed by atoms with Crippen molar-refractivity contribution >= 4 is 41.7 Å². The van der Waals surface area contributed by atoms with Gasteiger partial charge in [0.25, 0.3) is 11.8 Å². The number of amides is 2. The van der Waals surface area contributed by atoms with Gasteiger partial charge in [-0.2, -0.15) is 0 Å². The fourth-order valence-corrected chi connectivity index (χ4v) is 3.00. The van der Waals surface area contributed by atoms with E-state index in [-0.39, 0.29) is 39.0 Å². The molecular weight excluding hydrogens is 464 g/mol. The number of carboxylic acid groups (broad SMARTS) is 4. The number of imide groups is 1. The summed E-state index contributed by atoms with van der Waals surface area (Å²) in [4.78, 5) is 87.5. The Kier molecular flexibility index (Phi) is 11.5. The molecule has 0 aromatic carbocycles. The zero-order chi connectivity index (χ0) is 25.8. The van der Waals surface area contributed by atoms with Crippen LogP contribution in [0, 0.1) is 0 Å². The maximum atomic E-state index is 12.1. The molecule has 0 aromatic heterocycles. The predicted molar refractivity (Wildman–Crippen MR) is 107 cm³/mol. The number of nitrogens with zero attached hydrogens (tertiary/aromatic N) is 4. The van der Waals surface area contributed by atoms with Crippen molar-refractivity contribution in [3.8, 4) is 0 Å². The Balaban J connectivity index is 2.74. The van der Waals surface area contributed by atoms with Crippen molar-refractivity contribution in [3.63, 3.8) is 0 Å². The van der Waals surface area contributed by atoms with E-state index < -0.39 is 74.4 Å². The van der Waals surface area contributed by atoms with Crippen molar-refractivity contribution in [1.29, 1.82) is 0 Å². The largest absolute Gasteiger partial charge is 0.480 e. The number of rotatable bonds is 17. The molecule has 0 spiro atoms. The summed E-state index contributed by atoms with van der Waals surface area (Å²) in [6.07, 6.45) is -0.230. The molecule has 16 nitrogen and oxygen atoms in total. The Bertz CT molecular complexity index is 785. The van der Waals surface area contributed by atoms with Crippen molar-refractivity contribution in [2.75, 3.05) is 58.9 Å². The molecular formula is C18H26N4O12. The smallest absolute Gasteiger partial charge is 0.347 e. The van der Waals surface area contributed by atoms with E-state index in [4.69, 9.17) is 25.3 Å². The second kappa shape index (κ2) is 13.8. The van der Waals surface area contributed by atoms with Crippen LogP contribution in [0.15, 0.2) is 0 Å². The molecule has 1 aliphatic heterocycles. The standard InChI is InChI=1S/C18H26N4O12/c23-12-1-2-13(24)22(12)34-18(33)11-21(10-17(31)32)6-4-19(7-14(25)26)3-5-20(8-15(27)28)9-16(29)30/h1-11H2,(H,25,26)(H,27,28)(H,29,30)(H,31,32). The molecule has 0 unspecified atom stereocenters. The van der Waals surface area contributed by atoms with Gasteiger partial charge in [-0.15, -0.1) is 5.06 Å². The van der Waals surface area contributed by atoms with Gasteiger partial charge in [0.05, 0.1) is 26.2 Å². The van der Waals surface area contributed by atoms with Gasteiger partial charge in [0.15, 0.2) is 0 Å². The van der Waals surface area contributed by atoms with Crippen LogP contribution in [-0.4, -0.2) is 141 Å². The average Bonchev–Trinajstić information content (AvgIpc) is 3.00. The van der Waals surface area contributed by atoms with Gasteiger partial charge in [-0.05, 0) is 0 Å². The molecule has 1 fully saturated rings. The van der Waals surface area contributed by atoms with Crippen LogP contribution >= 0.6 is 0 Å². The summed E-state index contributed by atoms with van der Waals surface area (Å²) in [5.74, 6) is -7.56. The molecule has 1 rings (SSSR count). The van der Waals surface area contributed by atoms with Crippen molar-refractivity contribution in [2.45, 2.75) is 12.8 Å². The van der Waals surface area contributed by atoms with Crippen molar-refractivity contribution in [3.05, 3.63) is 0 Å². The summed E-state index contributed by atoms with van der Waals surface area (Å²) in [5, 5.41) is 36.3. The highest BCUT2D eigenvalue weighted by atomic mass is 16.7. The number of carbonyl (C=O) groups excluding carboxylic acids is 3. The van der Waals surface area contributed by atoms with Crippen LogP contribution in [0.1, 0.15) is 12.8 Å².